The SMILES string of the molecule is CC(C)(C)OC(O)N(CCO)CCCN1CCCC1. The van der Waals surface area contributed by atoms with Gasteiger partial charge in [0.2, 0.25) is 6.41 Å². The van der Waals surface area contributed by atoms with Crippen LogP contribution < -0.4 is 0 Å². The molecule has 5 heteroatoms. The van der Waals surface area contributed by atoms with E-state index in [1.807, 2.05) is 20.8 Å². The Hall–Kier alpha value is -0.200. The molecule has 0 spiro atoms. The molecule has 1 aliphatic heterocycles. The van der Waals surface area contributed by atoms with Crippen molar-refractivity contribution in [3.8, 4) is 0 Å². The molecule has 1 heterocycles. The molecule has 114 valence electrons. The van der Waals surface area contributed by atoms with Crippen LogP contribution in [0.15, 0.2) is 0 Å². The first-order valence-electron chi connectivity index (χ1n) is 7.35. The molecule has 2 N–H and O–H groups in total. The van der Waals surface area contributed by atoms with Crippen LogP contribution in [0.1, 0.15) is 40.0 Å². The lowest BCUT2D eigenvalue weighted by molar-refractivity contribution is -0.240. The maximum absolute atomic E-state index is 10.0. The summed E-state index contributed by atoms with van der Waals surface area (Å²) >= 11 is 0. The molecule has 5 nitrogen and oxygen atoms in total. The minimum Gasteiger partial charge on any atom is -0.395 e. The summed E-state index contributed by atoms with van der Waals surface area (Å²) in [6, 6.07) is 0. The van der Waals surface area contributed by atoms with Gasteiger partial charge in [-0.2, -0.15) is 0 Å². The molecule has 0 aromatic rings. The van der Waals surface area contributed by atoms with E-state index < -0.39 is 6.41 Å². The molecule has 0 radical (unpaired) electrons. The summed E-state index contributed by atoms with van der Waals surface area (Å²) in [4.78, 5) is 4.25. The van der Waals surface area contributed by atoms with Crippen molar-refractivity contribution in [1.29, 1.82) is 0 Å². The van der Waals surface area contributed by atoms with E-state index in [-0.39, 0.29) is 12.2 Å². The third-order valence-electron chi connectivity index (χ3n) is 3.28. The summed E-state index contributed by atoms with van der Waals surface area (Å²) in [5.41, 5.74) is -0.387. The summed E-state index contributed by atoms with van der Waals surface area (Å²) < 4.78 is 5.53. The van der Waals surface area contributed by atoms with Gasteiger partial charge in [0.15, 0.2) is 0 Å². The zero-order chi connectivity index (χ0) is 14.3. The lowest BCUT2D eigenvalue weighted by Crippen LogP contribution is -2.44. The maximum Gasteiger partial charge on any atom is 0.216 e. The highest BCUT2D eigenvalue weighted by Gasteiger charge is 2.22. The maximum atomic E-state index is 10.0. The minimum absolute atomic E-state index is 0.0360. The van der Waals surface area contributed by atoms with Gasteiger partial charge in [-0.25, -0.2) is 0 Å². The van der Waals surface area contributed by atoms with Gasteiger partial charge < -0.3 is 19.8 Å². The molecular weight excluding hydrogens is 244 g/mol. The molecule has 0 bridgehead atoms. The van der Waals surface area contributed by atoms with E-state index >= 15 is 0 Å². The topological polar surface area (TPSA) is 56.2 Å². The van der Waals surface area contributed by atoms with Crippen LogP contribution in [-0.2, 0) is 4.74 Å². The van der Waals surface area contributed by atoms with Gasteiger partial charge in [0.05, 0.1) is 12.2 Å². The molecule has 1 atom stereocenters. The average molecular weight is 274 g/mol. The minimum atomic E-state index is -0.939. The van der Waals surface area contributed by atoms with Gasteiger partial charge >= 0.3 is 0 Å². The number of nitrogens with zero attached hydrogens (tertiary/aromatic N) is 2. The number of likely N-dealkylation sites (tertiary alicyclic amines) is 1. The normalized spacial score (nSPS) is 19.3. The van der Waals surface area contributed by atoms with E-state index in [0.29, 0.717) is 6.54 Å². The molecule has 1 fully saturated rings. The van der Waals surface area contributed by atoms with Crippen molar-refractivity contribution < 1.29 is 14.9 Å². The van der Waals surface area contributed by atoms with Crippen molar-refractivity contribution in [2.24, 2.45) is 0 Å². The second kappa shape index (κ2) is 8.17. The smallest absolute Gasteiger partial charge is 0.216 e. The molecule has 0 amide bonds. The summed E-state index contributed by atoms with van der Waals surface area (Å²) in [6.07, 6.45) is 2.65. The zero-order valence-corrected chi connectivity index (χ0v) is 12.6. The second-order valence-corrected chi connectivity index (χ2v) is 6.22. The third-order valence-corrected chi connectivity index (χ3v) is 3.28. The van der Waals surface area contributed by atoms with E-state index in [4.69, 9.17) is 9.84 Å². The number of hydrogen-bond donors (Lipinski definition) is 2. The van der Waals surface area contributed by atoms with Crippen LogP contribution in [-0.4, -0.2) is 71.4 Å². The van der Waals surface area contributed by atoms with Crippen LogP contribution in [0.2, 0.25) is 0 Å². The van der Waals surface area contributed by atoms with Crippen LogP contribution in [0.3, 0.4) is 0 Å². The molecule has 0 aromatic carbocycles. The fourth-order valence-electron chi connectivity index (χ4n) is 2.36. The van der Waals surface area contributed by atoms with Crippen molar-refractivity contribution in [3.63, 3.8) is 0 Å². The molecule has 19 heavy (non-hydrogen) atoms. The van der Waals surface area contributed by atoms with Gasteiger partial charge in [-0.05, 0) is 59.7 Å². The van der Waals surface area contributed by atoms with Crippen LogP contribution in [0.5, 0.6) is 0 Å². The summed E-state index contributed by atoms with van der Waals surface area (Å²) in [7, 11) is 0. The summed E-state index contributed by atoms with van der Waals surface area (Å²) in [6.45, 7) is 10.4. The monoisotopic (exact) mass is 274 g/mol. The Morgan fingerprint density at radius 2 is 1.84 bits per heavy atom. The Morgan fingerprint density at radius 3 is 2.37 bits per heavy atom. The zero-order valence-electron chi connectivity index (χ0n) is 12.6. The average Bonchev–Trinajstić information content (AvgIpc) is 2.78. The molecule has 1 rings (SSSR count). The molecule has 0 aromatic heterocycles. The van der Waals surface area contributed by atoms with Crippen molar-refractivity contribution >= 4 is 0 Å². The van der Waals surface area contributed by atoms with E-state index in [2.05, 4.69) is 4.90 Å². The number of aliphatic hydroxyl groups excluding tert-OH is 2. The Bertz CT molecular complexity index is 237. The van der Waals surface area contributed by atoms with E-state index in [1.54, 1.807) is 4.90 Å². The van der Waals surface area contributed by atoms with Gasteiger partial charge in [-0.3, -0.25) is 4.90 Å². The summed E-state index contributed by atoms with van der Waals surface area (Å²) in [5, 5.41) is 19.1. The van der Waals surface area contributed by atoms with Gasteiger partial charge in [0.1, 0.15) is 0 Å². The highest BCUT2D eigenvalue weighted by atomic mass is 16.6. The Kier molecular flexibility index (Phi) is 7.25. The fraction of sp³-hybridized carbons (Fsp3) is 1.00. The molecular formula is C14H30N2O3. The Morgan fingerprint density at radius 1 is 1.21 bits per heavy atom. The van der Waals surface area contributed by atoms with Crippen LogP contribution in [0.25, 0.3) is 0 Å². The lowest BCUT2D eigenvalue weighted by Gasteiger charge is -2.32. The van der Waals surface area contributed by atoms with Crippen LogP contribution >= 0.6 is 0 Å². The van der Waals surface area contributed by atoms with Gasteiger partial charge in [-0.1, -0.05) is 0 Å². The van der Waals surface area contributed by atoms with Gasteiger partial charge in [0.25, 0.3) is 0 Å². The van der Waals surface area contributed by atoms with Crippen molar-refractivity contribution in [2.75, 3.05) is 39.3 Å². The van der Waals surface area contributed by atoms with Gasteiger partial charge in [0, 0.05) is 13.1 Å². The predicted octanol–water partition coefficient (Wildman–Crippen LogP) is 0.858. The predicted molar refractivity (Wildman–Crippen MR) is 75.8 cm³/mol. The number of rotatable bonds is 8. The van der Waals surface area contributed by atoms with Gasteiger partial charge in [-0.15, -0.1) is 0 Å². The first-order chi connectivity index (χ1) is 8.92. The molecule has 1 aliphatic rings. The highest BCUT2D eigenvalue weighted by Crippen LogP contribution is 2.13. The first kappa shape index (κ1) is 16.9. The number of aliphatic hydroxyl groups is 2. The number of hydrogen-bond acceptors (Lipinski definition) is 5. The summed E-state index contributed by atoms with van der Waals surface area (Å²) in [5.74, 6) is 0. The van der Waals surface area contributed by atoms with Crippen LogP contribution in [0, 0.1) is 0 Å². The lowest BCUT2D eigenvalue weighted by atomic mass is 10.2. The van der Waals surface area contributed by atoms with Crippen LogP contribution in [0.4, 0.5) is 0 Å². The van der Waals surface area contributed by atoms with Crippen molar-refractivity contribution in [1.82, 2.24) is 9.80 Å². The molecule has 1 saturated heterocycles. The van der Waals surface area contributed by atoms with E-state index in [9.17, 15) is 5.11 Å². The highest BCUT2D eigenvalue weighted by molar-refractivity contribution is 4.68. The largest absolute Gasteiger partial charge is 0.395 e. The van der Waals surface area contributed by atoms with E-state index in [0.717, 1.165) is 19.5 Å². The fourth-order valence-corrected chi connectivity index (χ4v) is 2.36. The Labute approximate surface area is 117 Å². The number of ether oxygens (including phenoxy) is 1. The quantitative estimate of drug-likeness (QED) is 0.643. The van der Waals surface area contributed by atoms with E-state index in [1.165, 1.54) is 25.9 Å². The second-order valence-electron chi connectivity index (χ2n) is 6.22. The standard InChI is InChI=1S/C14H30N2O3/c1-14(2,3)19-13(18)16(11-12-17)10-6-9-15-7-4-5-8-15/h13,17-18H,4-12H2,1-3H3. The molecule has 0 saturated carbocycles. The van der Waals surface area contributed by atoms with Crippen molar-refractivity contribution in [3.05, 3.63) is 0 Å². The van der Waals surface area contributed by atoms with Crippen molar-refractivity contribution in [2.45, 2.75) is 52.0 Å². The molecule has 1 unspecified atom stereocenters. The molecule has 0 aliphatic carbocycles. The Balaban J connectivity index is 2.29. The first-order valence-corrected chi connectivity index (χ1v) is 7.35. The third kappa shape index (κ3) is 7.22.